The third kappa shape index (κ3) is 6.53. The van der Waals surface area contributed by atoms with Crippen molar-refractivity contribution in [2.75, 3.05) is 25.8 Å². The Balaban J connectivity index is 1.86. The first-order valence-corrected chi connectivity index (χ1v) is 15.3. The second-order valence-electron chi connectivity index (χ2n) is 10.8. The summed E-state index contributed by atoms with van der Waals surface area (Å²) in [6, 6.07) is 8.29. The van der Waals surface area contributed by atoms with Crippen molar-refractivity contribution in [2.45, 2.75) is 76.6 Å². The first-order chi connectivity index (χ1) is 17.3. The Labute approximate surface area is 218 Å². The number of carbonyl (C=O) groups excluding carboxylic acids is 1. The summed E-state index contributed by atoms with van der Waals surface area (Å²) in [6.07, 6.45) is 0.531. The van der Waals surface area contributed by atoms with Crippen LogP contribution in [0.15, 0.2) is 41.3 Å². The maximum Gasteiger partial charge on any atom is 0.351 e. The van der Waals surface area contributed by atoms with Crippen LogP contribution in [0.4, 0.5) is 10.2 Å². The topological polar surface area (TPSA) is 101 Å². The number of carbonyl (C=O) groups is 1. The summed E-state index contributed by atoms with van der Waals surface area (Å²) < 4.78 is 40.1. The molecule has 1 aliphatic heterocycles. The molecular weight excluding hydrogens is 497 g/mol. The molecule has 1 N–H and O–H groups in total. The molecule has 1 saturated heterocycles. The largest absolute Gasteiger partial charge is 0.414 e. The highest BCUT2D eigenvalue weighted by Crippen LogP contribution is 2.43. The van der Waals surface area contributed by atoms with Gasteiger partial charge < -0.3 is 24.0 Å². The van der Waals surface area contributed by atoms with E-state index in [0.29, 0.717) is 12.0 Å². The zero-order valence-corrected chi connectivity index (χ0v) is 23.7. The fraction of sp³-hybridized carbons (Fsp3) is 0.577. The Hall–Kier alpha value is -2.44. The van der Waals surface area contributed by atoms with Crippen molar-refractivity contribution < 1.29 is 27.8 Å². The number of anilines is 1. The smallest absolute Gasteiger partial charge is 0.351 e. The van der Waals surface area contributed by atoms with Crippen LogP contribution in [0.2, 0.25) is 18.1 Å². The molecule has 0 radical (unpaired) electrons. The highest BCUT2D eigenvalue weighted by atomic mass is 28.4. The van der Waals surface area contributed by atoms with Crippen LogP contribution in [-0.4, -0.2) is 56.0 Å². The van der Waals surface area contributed by atoms with Gasteiger partial charge in [-0.1, -0.05) is 45.9 Å². The van der Waals surface area contributed by atoms with Gasteiger partial charge in [0.1, 0.15) is 18.6 Å². The SMILES string of the molecule is CC[C@]1(CO[Si](C)(C)C(C)(C)C)O[C@@H](n2cc(F)c(NC(=O)c3ccccc3)nc2=O)C[C@@H]1OCOC. The Kier molecular flexibility index (Phi) is 9.07. The summed E-state index contributed by atoms with van der Waals surface area (Å²) in [4.78, 5) is 29.1. The van der Waals surface area contributed by atoms with E-state index in [-0.39, 0.29) is 24.9 Å². The maximum absolute atomic E-state index is 15.0. The second kappa shape index (κ2) is 11.5. The first kappa shape index (κ1) is 29.1. The number of rotatable bonds is 10. The molecule has 0 saturated carbocycles. The molecular formula is C26H38FN3O6Si. The van der Waals surface area contributed by atoms with Crippen molar-refractivity contribution in [3.05, 3.63) is 58.4 Å². The first-order valence-electron chi connectivity index (χ1n) is 12.4. The van der Waals surface area contributed by atoms with Gasteiger partial charge in [-0.2, -0.15) is 4.98 Å². The summed E-state index contributed by atoms with van der Waals surface area (Å²) in [5.41, 5.74) is -1.30. The minimum absolute atomic E-state index is 0.00712. The molecule has 3 rings (SSSR count). The van der Waals surface area contributed by atoms with Gasteiger partial charge in [-0.05, 0) is 36.7 Å². The van der Waals surface area contributed by atoms with Crippen LogP contribution in [0.3, 0.4) is 0 Å². The fourth-order valence-corrected chi connectivity index (χ4v) is 4.94. The van der Waals surface area contributed by atoms with E-state index >= 15 is 4.39 Å². The van der Waals surface area contributed by atoms with E-state index in [9.17, 15) is 9.59 Å². The third-order valence-electron chi connectivity index (χ3n) is 7.33. The van der Waals surface area contributed by atoms with Crippen molar-refractivity contribution >= 4 is 20.0 Å². The van der Waals surface area contributed by atoms with Crippen molar-refractivity contribution in [3.8, 4) is 0 Å². The molecule has 2 aromatic rings. The monoisotopic (exact) mass is 535 g/mol. The molecule has 0 unspecified atom stereocenters. The minimum atomic E-state index is -2.12. The second-order valence-corrected chi connectivity index (χ2v) is 15.6. The molecule has 1 aliphatic rings. The lowest BCUT2D eigenvalue weighted by Crippen LogP contribution is -2.50. The lowest BCUT2D eigenvalue weighted by atomic mass is 9.94. The minimum Gasteiger partial charge on any atom is -0.414 e. The van der Waals surface area contributed by atoms with Gasteiger partial charge in [0.2, 0.25) is 0 Å². The van der Waals surface area contributed by atoms with Crippen molar-refractivity contribution in [2.24, 2.45) is 0 Å². The van der Waals surface area contributed by atoms with Gasteiger partial charge in [0.15, 0.2) is 20.0 Å². The van der Waals surface area contributed by atoms with Crippen LogP contribution in [0.25, 0.3) is 0 Å². The van der Waals surface area contributed by atoms with E-state index in [1.54, 1.807) is 30.3 Å². The molecule has 2 heterocycles. The number of methoxy groups -OCH3 is 1. The van der Waals surface area contributed by atoms with E-state index < -0.39 is 49.5 Å². The van der Waals surface area contributed by atoms with Crippen LogP contribution < -0.4 is 11.0 Å². The van der Waals surface area contributed by atoms with Gasteiger partial charge >= 0.3 is 5.69 Å². The highest BCUT2D eigenvalue weighted by molar-refractivity contribution is 6.74. The Morgan fingerprint density at radius 1 is 1.30 bits per heavy atom. The quantitative estimate of drug-likeness (QED) is 0.347. The summed E-state index contributed by atoms with van der Waals surface area (Å²) in [6.45, 7) is 13.0. The van der Waals surface area contributed by atoms with Crippen LogP contribution >= 0.6 is 0 Å². The van der Waals surface area contributed by atoms with E-state index in [2.05, 4.69) is 44.2 Å². The summed E-state index contributed by atoms with van der Waals surface area (Å²) in [7, 11) is -0.590. The molecule has 3 atom stereocenters. The molecule has 0 bridgehead atoms. The normalized spacial score (nSPS) is 22.3. The van der Waals surface area contributed by atoms with E-state index in [1.165, 1.54) is 7.11 Å². The van der Waals surface area contributed by atoms with Crippen molar-refractivity contribution in [1.82, 2.24) is 9.55 Å². The number of nitrogens with one attached hydrogen (secondary N) is 1. The average Bonchev–Trinajstić information content (AvgIpc) is 3.22. The number of nitrogens with zero attached hydrogens (tertiary/aromatic N) is 2. The number of ether oxygens (including phenoxy) is 3. The van der Waals surface area contributed by atoms with Crippen molar-refractivity contribution in [3.63, 3.8) is 0 Å². The number of benzene rings is 1. The number of amides is 1. The van der Waals surface area contributed by atoms with Gasteiger partial charge in [0.25, 0.3) is 5.91 Å². The molecule has 1 fully saturated rings. The predicted molar refractivity (Wildman–Crippen MR) is 141 cm³/mol. The molecule has 1 aromatic carbocycles. The van der Waals surface area contributed by atoms with Crippen LogP contribution in [0.5, 0.6) is 0 Å². The van der Waals surface area contributed by atoms with Gasteiger partial charge in [-0.25, -0.2) is 9.18 Å². The van der Waals surface area contributed by atoms with Crippen LogP contribution in [0.1, 0.15) is 57.1 Å². The number of hydrogen-bond acceptors (Lipinski definition) is 7. The lowest BCUT2D eigenvalue weighted by Gasteiger charge is -2.41. The highest BCUT2D eigenvalue weighted by Gasteiger charge is 2.51. The molecule has 0 aliphatic carbocycles. The standard InChI is InChI=1S/C26H38FN3O6Si/c1-8-26(16-35-37(6,7)25(2,3)4)20(34-17-33-5)14-21(36-26)30-15-19(27)22(29-24(30)32)28-23(31)18-12-10-9-11-13-18/h9-13,15,20-21H,8,14,16-17H2,1-7H3,(H,28,29,31,32)/t20-,21+,26+/m0/s1. The summed E-state index contributed by atoms with van der Waals surface area (Å²) in [5, 5.41) is 2.36. The van der Waals surface area contributed by atoms with Crippen molar-refractivity contribution in [1.29, 1.82) is 0 Å². The molecule has 204 valence electrons. The Morgan fingerprint density at radius 2 is 1.97 bits per heavy atom. The molecule has 0 spiro atoms. The van der Waals surface area contributed by atoms with Gasteiger partial charge in [0.05, 0.1) is 18.9 Å². The summed E-state index contributed by atoms with van der Waals surface area (Å²) in [5.74, 6) is -1.86. The fourth-order valence-electron chi connectivity index (χ4n) is 3.90. The van der Waals surface area contributed by atoms with Gasteiger partial charge in [-0.15, -0.1) is 0 Å². The zero-order valence-electron chi connectivity index (χ0n) is 22.7. The van der Waals surface area contributed by atoms with Crippen LogP contribution in [-0.2, 0) is 18.6 Å². The van der Waals surface area contributed by atoms with Crippen LogP contribution in [0, 0.1) is 5.82 Å². The van der Waals surface area contributed by atoms with E-state index in [4.69, 9.17) is 18.6 Å². The number of halogens is 1. The molecule has 1 amide bonds. The lowest BCUT2D eigenvalue weighted by molar-refractivity contribution is -0.163. The molecule has 1 aromatic heterocycles. The zero-order chi connectivity index (χ0) is 27.4. The molecule has 11 heteroatoms. The predicted octanol–water partition coefficient (Wildman–Crippen LogP) is 4.71. The number of aromatic nitrogens is 2. The summed E-state index contributed by atoms with van der Waals surface area (Å²) >= 11 is 0. The maximum atomic E-state index is 15.0. The van der Waals surface area contributed by atoms with E-state index in [1.807, 2.05) is 6.92 Å². The third-order valence-corrected chi connectivity index (χ3v) is 11.8. The Morgan fingerprint density at radius 3 is 2.57 bits per heavy atom. The van der Waals surface area contributed by atoms with E-state index in [0.717, 1.165) is 10.8 Å². The average molecular weight is 536 g/mol. The molecule has 37 heavy (non-hydrogen) atoms. The Bertz CT molecular complexity index is 1140. The molecule has 9 nitrogen and oxygen atoms in total. The van der Waals surface area contributed by atoms with Gasteiger partial charge in [0, 0.05) is 19.1 Å². The van der Waals surface area contributed by atoms with Gasteiger partial charge in [-0.3, -0.25) is 9.36 Å². The number of hydrogen-bond donors (Lipinski definition) is 1.